The number of rotatable bonds is 6. The molecule has 106 valence electrons. The summed E-state index contributed by atoms with van der Waals surface area (Å²) >= 11 is 0. The van der Waals surface area contributed by atoms with Crippen molar-refractivity contribution in [3.63, 3.8) is 0 Å². The molecule has 0 bridgehead atoms. The van der Waals surface area contributed by atoms with Crippen molar-refractivity contribution in [2.45, 2.75) is 39.2 Å². The summed E-state index contributed by atoms with van der Waals surface area (Å²) in [5, 5.41) is 10.6. The molecule has 1 aliphatic rings. The first kappa shape index (κ1) is 14.5. The zero-order valence-corrected chi connectivity index (χ0v) is 12.5. The van der Waals surface area contributed by atoms with Crippen LogP contribution in [-0.2, 0) is 0 Å². The molecule has 2 heteroatoms. The van der Waals surface area contributed by atoms with Crippen LogP contribution in [-0.4, -0.2) is 30.1 Å². The standard InChI is InChI=1S/C17H27NO/c1-17(2,13-18(3)12-14-8-7-9-14)16(19)15-10-5-4-6-11-15/h4-6,10-11,14,16,19H,7-9,12-13H2,1-3H3. The van der Waals surface area contributed by atoms with Gasteiger partial charge in [-0.05, 0) is 31.4 Å². The second kappa shape index (κ2) is 6.06. The largest absolute Gasteiger partial charge is 0.388 e. The number of hydrogen-bond acceptors (Lipinski definition) is 2. The van der Waals surface area contributed by atoms with Gasteiger partial charge in [-0.2, -0.15) is 0 Å². The third-order valence-corrected chi connectivity index (χ3v) is 4.33. The Morgan fingerprint density at radius 1 is 1.26 bits per heavy atom. The molecule has 19 heavy (non-hydrogen) atoms. The highest BCUT2D eigenvalue weighted by Crippen LogP contribution is 2.34. The highest BCUT2D eigenvalue weighted by Gasteiger charge is 2.31. The molecular formula is C17H27NO. The molecule has 1 aromatic rings. The molecule has 1 fully saturated rings. The van der Waals surface area contributed by atoms with Crippen molar-refractivity contribution in [3.8, 4) is 0 Å². The van der Waals surface area contributed by atoms with E-state index < -0.39 is 6.10 Å². The minimum Gasteiger partial charge on any atom is -0.388 e. The van der Waals surface area contributed by atoms with Crippen molar-refractivity contribution >= 4 is 0 Å². The fraction of sp³-hybridized carbons (Fsp3) is 0.647. The lowest BCUT2D eigenvalue weighted by Gasteiger charge is -2.37. The van der Waals surface area contributed by atoms with E-state index in [-0.39, 0.29) is 5.41 Å². The molecule has 0 aromatic heterocycles. The van der Waals surface area contributed by atoms with Gasteiger partial charge in [-0.25, -0.2) is 0 Å². The molecule has 0 aliphatic heterocycles. The number of aliphatic hydroxyl groups is 1. The average molecular weight is 261 g/mol. The summed E-state index contributed by atoms with van der Waals surface area (Å²) in [7, 11) is 2.18. The van der Waals surface area contributed by atoms with Gasteiger partial charge < -0.3 is 10.0 Å². The molecule has 0 heterocycles. The molecule has 2 nitrogen and oxygen atoms in total. The molecule has 0 spiro atoms. The molecule has 2 rings (SSSR count). The second-order valence-corrected chi connectivity index (χ2v) is 6.80. The van der Waals surface area contributed by atoms with E-state index in [1.54, 1.807) is 0 Å². The van der Waals surface area contributed by atoms with Crippen molar-refractivity contribution < 1.29 is 5.11 Å². The molecule has 1 saturated carbocycles. The Kier molecular flexibility index (Phi) is 4.64. The van der Waals surface area contributed by atoms with Crippen LogP contribution in [0.4, 0.5) is 0 Å². The highest BCUT2D eigenvalue weighted by atomic mass is 16.3. The quantitative estimate of drug-likeness (QED) is 0.847. The summed E-state index contributed by atoms with van der Waals surface area (Å²) < 4.78 is 0. The van der Waals surface area contributed by atoms with Crippen LogP contribution in [0.1, 0.15) is 44.8 Å². The van der Waals surface area contributed by atoms with E-state index >= 15 is 0 Å². The van der Waals surface area contributed by atoms with Gasteiger partial charge in [-0.15, -0.1) is 0 Å². The molecule has 0 amide bonds. The molecule has 1 atom stereocenters. The lowest BCUT2D eigenvalue weighted by atomic mass is 9.81. The monoisotopic (exact) mass is 261 g/mol. The van der Waals surface area contributed by atoms with Crippen LogP contribution in [0.3, 0.4) is 0 Å². The first-order chi connectivity index (χ1) is 8.99. The van der Waals surface area contributed by atoms with E-state index in [0.717, 1.165) is 18.0 Å². The lowest BCUT2D eigenvalue weighted by molar-refractivity contribution is 0.0201. The van der Waals surface area contributed by atoms with Crippen LogP contribution in [0.25, 0.3) is 0 Å². The molecule has 1 N–H and O–H groups in total. The van der Waals surface area contributed by atoms with Gasteiger partial charge in [-0.1, -0.05) is 50.6 Å². The van der Waals surface area contributed by atoms with Crippen LogP contribution >= 0.6 is 0 Å². The Labute approximate surface area is 117 Å². The number of nitrogens with zero attached hydrogens (tertiary/aromatic N) is 1. The summed E-state index contributed by atoms with van der Waals surface area (Å²) in [6, 6.07) is 10.0. The van der Waals surface area contributed by atoms with E-state index in [0.29, 0.717) is 0 Å². The Bertz CT molecular complexity index is 384. The summed E-state index contributed by atoms with van der Waals surface area (Å²) in [4.78, 5) is 2.38. The SMILES string of the molecule is CN(CC1CCC1)CC(C)(C)C(O)c1ccccc1. The molecule has 1 aliphatic carbocycles. The average Bonchev–Trinajstić information content (AvgIpc) is 2.33. The second-order valence-electron chi connectivity index (χ2n) is 6.80. The lowest BCUT2D eigenvalue weighted by Crippen LogP contribution is -2.39. The smallest absolute Gasteiger partial charge is 0.0853 e. The summed E-state index contributed by atoms with van der Waals surface area (Å²) in [5.74, 6) is 0.884. The maximum atomic E-state index is 10.6. The van der Waals surface area contributed by atoms with Crippen molar-refractivity contribution in [2.24, 2.45) is 11.3 Å². The Hall–Kier alpha value is -0.860. The topological polar surface area (TPSA) is 23.5 Å². The minimum atomic E-state index is -0.405. The van der Waals surface area contributed by atoms with Gasteiger partial charge in [0.15, 0.2) is 0 Å². The van der Waals surface area contributed by atoms with Crippen LogP contribution < -0.4 is 0 Å². The Morgan fingerprint density at radius 2 is 1.89 bits per heavy atom. The first-order valence-corrected chi connectivity index (χ1v) is 7.40. The van der Waals surface area contributed by atoms with E-state index in [2.05, 4.69) is 25.8 Å². The Balaban J connectivity index is 1.92. The third-order valence-electron chi connectivity index (χ3n) is 4.33. The van der Waals surface area contributed by atoms with Gasteiger partial charge >= 0.3 is 0 Å². The van der Waals surface area contributed by atoms with E-state index in [4.69, 9.17) is 0 Å². The van der Waals surface area contributed by atoms with Crippen molar-refractivity contribution in [2.75, 3.05) is 20.1 Å². The predicted octanol–water partition coefficient (Wildman–Crippen LogP) is 3.48. The molecule has 0 saturated heterocycles. The molecule has 0 radical (unpaired) electrons. The van der Waals surface area contributed by atoms with Crippen LogP contribution in [0.5, 0.6) is 0 Å². The molecule has 1 unspecified atom stereocenters. The van der Waals surface area contributed by atoms with E-state index in [1.807, 2.05) is 30.3 Å². The van der Waals surface area contributed by atoms with E-state index in [9.17, 15) is 5.11 Å². The predicted molar refractivity (Wildman–Crippen MR) is 80.0 cm³/mol. The van der Waals surface area contributed by atoms with Crippen molar-refractivity contribution in [3.05, 3.63) is 35.9 Å². The number of aliphatic hydroxyl groups excluding tert-OH is 1. The zero-order chi connectivity index (χ0) is 13.9. The number of benzene rings is 1. The third kappa shape index (κ3) is 3.80. The summed E-state index contributed by atoms with van der Waals surface area (Å²) in [5.41, 5.74) is 0.893. The summed E-state index contributed by atoms with van der Waals surface area (Å²) in [6.07, 6.45) is 3.75. The summed E-state index contributed by atoms with van der Waals surface area (Å²) in [6.45, 7) is 6.41. The van der Waals surface area contributed by atoms with E-state index in [1.165, 1.54) is 25.8 Å². The van der Waals surface area contributed by atoms with Crippen LogP contribution in [0, 0.1) is 11.3 Å². The number of hydrogen-bond donors (Lipinski definition) is 1. The van der Waals surface area contributed by atoms with Crippen LogP contribution in [0.15, 0.2) is 30.3 Å². The Morgan fingerprint density at radius 3 is 2.42 bits per heavy atom. The van der Waals surface area contributed by atoms with Gasteiger partial charge in [0.2, 0.25) is 0 Å². The fourth-order valence-corrected chi connectivity index (χ4v) is 3.05. The van der Waals surface area contributed by atoms with Gasteiger partial charge in [0.25, 0.3) is 0 Å². The van der Waals surface area contributed by atoms with Crippen LogP contribution in [0.2, 0.25) is 0 Å². The van der Waals surface area contributed by atoms with Gasteiger partial charge in [-0.3, -0.25) is 0 Å². The van der Waals surface area contributed by atoms with Crippen molar-refractivity contribution in [1.29, 1.82) is 0 Å². The normalized spacial score (nSPS) is 18.4. The maximum absolute atomic E-state index is 10.6. The minimum absolute atomic E-state index is 0.125. The first-order valence-electron chi connectivity index (χ1n) is 7.40. The van der Waals surface area contributed by atoms with Gasteiger partial charge in [0.1, 0.15) is 0 Å². The molecular weight excluding hydrogens is 234 g/mol. The zero-order valence-electron chi connectivity index (χ0n) is 12.5. The van der Waals surface area contributed by atoms with Gasteiger partial charge in [0.05, 0.1) is 6.10 Å². The fourth-order valence-electron chi connectivity index (χ4n) is 3.05. The highest BCUT2D eigenvalue weighted by molar-refractivity contribution is 5.19. The van der Waals surface area contributed by atoms with Gasteiger partial charge in [0, 0.05) is 18.5 Å². The van der Waals surface area contributed by atoms with Crippen molar-refractivity contribution in [1.82, 2.24) is 4.90 Å². The maximum Gasteiger partial charge on any atom is 0.0853 e. The molecule has 1 aromatic carbocycles.